The van der Waals surface area contributed by atoms with Crippen molar-refractivity contribution in [3.63, 3.8) is 0 Å². The predicted octanol–water partition coefficient (Wildman–Crippen LogP) is 1.24. The molecule has 10 heteroatoms. The van der Waals surface area contributed by atoms with Crippen molar-refractivity contribution >= 4 is 28.3 Å². The van der Waals surface area contributed by atoms with Gasteiger partial charge in [0.25, 0.3) is 5.91 Å². The molecular weight excluding hydrogens is 406 g/mol. The quantitative estimate of drug-likeness (QED) is 0.635. The van der Waals surface area contributed by atoms with E-state index in [1.165, 1.54) is 23.5 Å². The van der Waals surface area contributed by atoms with Gasteiger partial charge in [-0.05, 0) is 30.5 Å². The molecule has 28 heavy (non-hydrogen) atoms. The van der Waals surface area contributed by atoms with Crippen LogP contribution in [0.4, 0.5) is 0 Å². The number of ether oxygens (including phenoxy) is 2. The average Bonchev–Trinajstić information content (AvgIpc) is 2.67. The maximum absolute atomic E-state index is 13.0. The van der Waals surface area contributed by atoms with Crippen LogP contribution in [-0.4, -0.2) is 64.6 Å². The summed E-state index contributed by atoms with van der Waals surface area (Å²) in [5.74, 6) is 0.231. The normalized spacial score (nSPS) is 16.3. The Balaban J connectivity index is 0.00000392. The molecule has 1 aliphatic rings. The van der Waals surface area contributed by atoms with E-state index < -0.39 is 10.0 Å². The maximum atomic E-state index is 13.0. The number of morpholine rings is 1. The van der Waals surface area contributed by atoms with Crippen molar-refractivity contribution in [2.75, 3.05) is 40.0 Å². The zero-order valence-corrected chi connectivity index (χ0v) is 18.1. The van der Waals surface area contributed by atoms with Crippen molar-refractivity contribution < 1.29 is 22.7 Å². The van der Waals surface area contributed by atoms with E-state index in [1.54, 1.807) is 6.07 Å². The SMILES string of the molecule is COc1ccc(C(=O)NC(CN)CC(C)C)cc1S(=O)(=O)N1CCOCC1.Cl. The van der Waals surface area contributed by atoms with Crippen LogP contribution in [0.5, 0.6) is 5.75 Å². The molecule has 1 atom stereocenters. The lowest BCUT2D eigenvalue weighted by Gasteiger charge is -2.27. The van der Waals surface area contributed by atoms with Gasteiger partial charge in [-0.3, -0.25) is 4.79 Å². The minimum atomic E-state index is -3.79. The summed E-state index contributed by atoms with van der Waals surface area (Å²) in [5, 5.41) is 2.88. The lowest BCUT2D eigenvalue weighted by atomic mass is 10.0. The topological polar surface area (TPSA) is 111 Å². The summed E-state index contributed by atoms with van der Waals surface area (Å²) in [5.41, 5.74) is 6.00. The van der Waals surface area contributed by atoms with Gasteiger partial charge in [0.1, 0.15) is 10.6 Å². The number of nitrogens with zero attached hydrogens (tertiary/aromatic N) is 1. The van der Waals surface area contributed by atoms with Crippen molar-refractivity contribution in [2.45, 2.75) is 31.2 Å². The Morgan fingerprint density at radius 2 is 1.96 bits per heavy atom. The largest absolute Gasteiger partial charge is 0.495 e. The summed E-state index contributed by atoms with van der Waals surface area (Å²) in [7, 11) is -2.39. The van der Waals surface area contributed by atoms with E-state index >= 15 is 0 Å². The van der Waals surface area contributed by atoms with Crippen molar-refractivity contribution in [1.82, 2.24) is 9.62 Å². The number of carbonyl (C=O) groups is 1. The Labute approximate surface area is 173 Å². The molecule has 1 heterocycles. The molecule has 0 bridgehead atoms. The van der Waals surface area contributed by atoms with E-state index in [0.29, 0.717) is 25.7 Å². The first-order valence-electron chi connectivity index (χ1n) is 9.06. The number of benzene rings is 1. The van der Waals surface area contributed by atoms with Crippen molar-refractivity contribution in [3.05, 3.63) is 23.8 Å². The zero-order valence-electron chi connectivity index (χ0n) is 16.5. The molecule has 0 saturated carbocycles. The number of hydrogen-bond acceptors (Lipinski definition) is 6. The predicted molar refractivity (Wildman–Crippen MR) is 110 cm³/mol. The Kier molecular flexibility index (Phi) is 9.65. The third-order valence-electron chi connectivity index (χ3n) is 4.39. The van der Waals surface area contributed by atoms with E-state index in [9.17, 15) is 13.2 Å². The summed E-state index contributed by atoms with van der Waals surface area (Å²) in [6.07, 6.45) is 0.747. The second-order valence-corrected chi connectivity index (χ2v) is 8.82. The summed E-state index contributed by atoms with van der Waals surface area (Å²) >= 11 is 0. The van der Waals surface area contributed by atoms with E-state index in [1.807, 2.05) is 0 Å². The Hall–Kier alpha value is -1.39. The minimum absolute atomic E-state index is 0. The van der Waals surface area contributed by atoms with Gasteiger partial charge in [0, 0.05) is 31.2 Å². The van der Waals surface area contributed by atoms with Gasteiger partial charge in [0.05, 0.1) is 20.3 Å². The van der Waals surface area contributed by atoms with Gasteiger partial charge >= 0.3 is 0 Å². The van der Waals surface area contributed by atoms with Gasteiger partial charge in [-0.2, -0.15) is 4.31 Å². The molecule has 160 valence electrons. The van der Waals surface area contributed by atoms with Gasteiger partial charge in [-0.25, -0.2) is 8.42 Å². The summed E-state index contributed by atoms with van der Waals surface area (Å²) in [6.45, 7) is 5.64. The number of nitrogens with one attached hydrogen (secondary N) is 1. The number of amides is 1. The lowest BCUT2D eigenvalue weighted by molar-refractivity contribution is 0.0729. The molecule has 1 aromatic rings. The highest BCUT2D eigenvalue weighted by atomic mass is 35.5. The molecule has 0 aromatic heterocycles. The molecule has 0 spiro atoms. The first kappa shape index (κ1) is 24.6. The number of carbonyl (C=O) groups excluding carboxylic acids is 1. The molecule has 2 rings (SSSR count). The first-order valence-corrected chi connectivity index (χ1v) is 10.5. The van der Waals surface area contributed by atoms with Crippen molar-refractivity contribution in [2.24, 2.45) is 11.7 Å². The molecule has 1 fully saturated rings. The van der Waals surface area contributed by atoms with Crippen LogP contribution in [0.25, 0.3) is 0 Å². The first-order chi connectivity index (χ1) is 12.8. The monoisotopic (exact) mass is 435 g/mol. The Bertz CT molecular complexity index is 752. The molecule has 1 amide bonds. The fourth-order valence-electron chi connectivity index (χ4n) is 3.00. The standard InChI is InChI=1S/C18H29N3O5S.ClH/c1-13(2)10-15(12-19)20-18(22)14-4-5-16(25-3)17(11-14)27(23,24)21-6-8-26-9-7-21;/h4-5,11,13,15H,6-10,12,19H2,1-3H3,(H,20,22);1H. The summed E-state index contributed by atoms with van der Waals surface area (Å²) in [6, 6.07) is 4.25. The average molecular weight is 436 g/mol. The van der Waals surface area contributed by atoms with Crippen LogP contribution in [-0.2, 0) is 14.8 Å². The van der Waals surface area contributed by atoms with Gasteiger partial charge < -0.3 is 20.5 Å². The number of nitrogens with two attached hydrogens (primary N) is 1. The fourth-order valence-corrected chi connectivity index (χ4v) is 4.59. The number of hydrogen-bond donors (Lipinski definition) is 2. The molecule has 8 nitrogen and oxygen atoms in total. The second-order valence-electron chi connectivity index (χ2n) is 6.92. The third kappa shape index (κ3) is 6.05. The number of halogens is 1. The maximum Gasteiger partial charge on any atom is 0.251 e. The highest BCUT2D eigenvalue weighted by Gasteiger charge is 2.30. The van der Waals surface area contributed by atoms with Gasteiger partial charge in [-0.1, -0.05) is 13.8 Å². The van der Waals surface area contributed by atoms with Crippen molar-refractivity contribution in [3.8, 4) is 5.75 Å². The number of rotatable bonds is 8. The van der Waals surface area contributed by atoms with E-state index in [4.69, 9.17) is 15.2 Å². The molecule has 3 N–H and O–H groups in total. The number of methoxy groups -OCH3 is 1. The smallest absolute Gasteiger partial charge is 0.251 e. The lowest BCUT2D eigenvalue weighted by Crippen LogP contribution is -2.41. The van der Waals surface area contributed by atoms with Crippen LogP contribution >= 0.6 is 12.4 Å². The third-order valence-corrected chi connectivity index (χ3v) is 6.31. The highest BCUT2D eigenvalue weighted by molar-refractivity contribution is 7.89. The molecular formula is C18H30ClN3O5S. The van der Waals surface area contributed by atoms with E-state index in [-0.39, 0.29) is 53.7 Å². The molecule has 1 aliphatic heterocycles. The Morgan fingerprint density at radius 3 is 2.50 bits per heavy atom. The van der Waals surface area contributed by atoms with Gasteiger partial charge in [0.2, 0.25) is 10.0 Å². The minimum Gasteiger partial charge on any atom is -0.495 e. The van der Waals surface area contributed by atoms with E-state index in [2.05, 4.69) is 19.2 Å². The van der Waals surface area contributed by atoms with Crippen LogP contribution in [0.2, 0.25) is 0 Å². The van der Waals surface area contributed by atoms with Crippen LogP contribution in [0.15, 0.2) is 23.1 Å². The highest BCUT2D eigenvalue weighted by Crippen LogP contribution is 2.28. The molecule has 0 aliphatic carbocycles. The molecule has 1 unspecified atom stereocenters. The van der Waals surface area contributed by atoms with Gasteiger partial charge in [0.15, 0.2) is 0 Å². The fraction of sp³-hybridized carbons (Fsp3) is 0.611. The summed E-state index contributed by atoms with van der Waals surface area (Å²) in [4.78, 5) is 12.6. The summed E-state index contributed by atoms with van der Waals surface area (Å²) < 4.78 is 37.8. The van der Waals surface area contributed by atoms with Gasteiger partial charge in [-0.15, -0.1) is 12.4 Å². The molecule has 1 aromatic carbocycles. The Morgan fingerprint density at radius 1 is 1.32 bits per heavy atom. The van der Waals surface area contributed by atoms with Crippen LogP contribution in [0, 0.1) is 5.92 Å². The second kappa shape index (κ2) is 11.0. The van der Waals surface area contributed by atoms with Crippen LogP contribution < -0.4 is 15.8 Å². The van der Waals surface area contributed by atoms with Crippen LogP contribution in [0.3, 0.4) is 0 Å². The molecule has 1 saturated heterocycles. The van der Waals surface area contributed by atoms with E-state index in [0.717, 1.165) is 6.42 Å². The molecule has 0 radical (unpaired) electrons. The number of sulfonamides is 1. The van der Waals surface area contributed by atoms with Crippen molar-refractivity contribution in [1.29, 1.82) is 0 Å². The zero-order chi connectivity index (χ0) is 20.0. The van der Waals surface area contributed by atoms with Crippen LogP contribution in [0.1, 0.15) is 30.6 Å².